The maximum absolute atomic E-state index is 14.1. The molecule has 4 rings (SSSR count). The average molecular weight is 766 g/mol. The van der Waals surface area contributed by atoms with Gasteiger partial charge >= 0.3 is 0 Å². The fourth-order valence-corrected chi connectivity index (χ4v) is 5.91. The van der Waals surface area contributed by atoms with Gasteiger partial charge in [0, 0.05) is 39.5 Å². The summed E-state index contributed by atoms with van der Waals surface area (Å²) in [6.07, 6.45) is 3.31. The van der Waals surface area contributed by atoms with Crippen molar-refractivity contribution < 1.29 is 37.3 Å². The average Bonchev–Trinajstić information content (AvgIpc) is 3.10. The maximum atomic E-state index is 14.1. The number of methoxy groups -OCH3 is 2. The fourth-order valence-electron chi connectivity index (χ4n) is 4.52. The van der Waals surface area contributed by atoms with E-state index in [0.717, 1.165) is 16.8 Å². The highest BCUT2D eigenvalue weighted by molar-refractivity contribution is 6.74. The van der Waals surface area contributed by atoms with Crippen molar-refractivity contribution in [3.63, 3.8) is 0 Å². The summed E-state index contributed by atoms with van der Waals surface area (Å²) in [5.74, 6) is -0.799. The van der Waals surface area contributed by atoms with E-state index in [4.69, 9.17) is 46.6 Å². The molecule has 0 aliphatic heterocycles. The van der Waals surface area contributed by atoms with Gasteiger partial charge in [0.05, 0.1) is 34.6 Å². The Bertz CT molecular complexity index is 1640. The predicted molar refractivity (Wildman–Crippen MR) is 199 cm³/mol. The molecule has 2 atom stereocenters. The molecule has 0 saturated carbocycles. The van der Waals surface area contributed by atoms with Gasteiger partial charge in [-0.3, -0.25) is 9.97 Å². The first-order chi connectivity index (χ1) is 24.2. The summed E-state index contributed by atoms with van der Waals surface area (Å²) in [6, 6.07) is 17.3. The highest BCUT2D eigenvalue weighted by Crippen LogP contribution is 2.37. The minimum absolute atomic E-state index is 0.0718. The molecule has 2 aromatic carbocycles. The molecule has 0 saturated heterocycles. The highest BCUT2D eigenvalue weighted by atomic mass is 35.5. The second-order valence-corrected chi connectivity index (χ2v) is 19.0. The standard InChI is InChI=1S/C22H31ClFNO3Si.C16H17ClFNO3/c1-22(2,3)29(5,6)28-14-20(27-15-26-4)19-11-10-16(13-25-19)12-17-8-7-9-18(23)21(17)24;1-21-10-22-15(9-20)14-6-5-11(8-19-14)7-12-3-2-4-13(17)16(12)18/h7-11,13,20H,12,14-15H2,1-6H3;2-6,8,15,20H,7,9-10H2,1H3. The molecular formula is C38H48Cl2F2N2O6Si. The van der Waals surface area contributed by atoms with Crippen LogP contribution >= 0.6 is 23.2 Å². The van der Waals surface area contributed by atoms with Gasteiger partial charge in [0.25, 0.3) is 0 Å². The van der Waals surface area contributed by atoms with E-state index < -0.39 is 20.2 Å². The third-order valence-corrected chi connectivity index (χ3v) is 13.6. The number of pyridine rings is 2. The number of nitrogens with zero attached hydrogens (tertiary/aromatic N) is 2. The van der Waals surface area contributed by atoms with Crippen LogP contribution in [0.4, 0.5) is 8.78 Å². The molecular weight excluding hydrogens is 717 g/mol. The van der Waals surface area contributed by atoms with Crippen LogP contribution in [0.25, 0.3) is 0 Å². The normalized spacial score (nSPS) is 13.0. The van der Waals surface area contributed by atoms with Gasteiger partial charge in [-0.1, -0.05) is 80.4 Å². The second-order valence-electron chi connectivity index (χ2n) is 13.3. The largest absolute Gasteiger partial charge is 0.414 e. The molecule has 0 bridgehead atoms. The first-order valence-corrected chi connectivity index (χ1v) is 20.1. The van der Waals surface area contributed by atoms with Crippen molar-refractivity contribution in [1.82, 2.24) is 9.97 Å². The summed E-state index contributed by atoms with van der Waals surface area (Å²) in [7, 11) is 1.17. The molecule has 13 heteroatoms. The molecule has 2 unspecified atom stereocenters. The molecule has 0 amide bonds. The second kappa shape index (κ2) is 20.4. The zero-order valence-electron chi connectivity index (χ0n) is 30.2. The lowest BCUT2D eigenvalue weighted by Crippen LogP contribution is -2.42. The molecule has 51 heavy (non-hydrogen) atoms. The lowest BCUT2D eigenvalue weighted by Gasteiger charge is -2.37. The number of aromatic nitrogens is 2. The number of aliphatic hydroxyl groups excluding tert-OH is 1. The Morgan fingerprint density at radius 2 is 1.18 bits per heavy atom. The van der Waals surface area contributed by atoms with Crippen molar-refractivity contribution in [3.05, 3.63) is 128 Å². The third kappa shape index (κ3) is 13.0. The van der Waals surface area contributed by atoms with Crippen molar-refractivity contribution in [3.8, 4) is 0 Å². The summed E-state index contributed by atoms with van der Waals surface area (Å²) >= 11 is 11.6. The van der Waals surface area contributed by atoms with Crippen molar-refractivity contribution in [2.45, 2.75) is 64.0 Å². The Balaban J connectivity index is 0.000000286. The summed E-state index contributed by atoms with van der Waals surface area (Å²) in [4.78, 5) is 8.80. The zero-order chi connectivity index (χ0) is 37.6. The molecule has 278 valence electrons. The van der Waals surface area contributed by atoms with Gasteiger partial charge in [0.1, 0.15) is 37.4 Å². The summed E-state index contributed by atoms with van der Waals surface area (Å²) in [5, 5.41) is 9.64. The van der Waals surface area contributed by atoms with Crippen molar-refractivity contribution >= 4 is 31.5 Å². The molecule has 0 aliphatic carbocycles. The first-order valence-electron chi connectivity index (χ1n) is 16.4. The van der Waals surface area contributed by atoms with E-state index >= 15 is 0 Å². The fraction of sp³-hybridized carbons (Fsp3) is 0.421. The van der Waals surface area contributed by atoms with E-state index in [-0.39, 0.29) is 47.2 Å². The zero-order valence-corrected chi connectivity index (χ0v) is 32.7. The van der Waals surface area contributed by atoms with Crippen LogP contribution < -0.4 is 0 Å². The van der Waals surface area contributed by atoms with E-state index in [2.05, 4.69) is 43.8 Å². The topological polar surface area (TPSA) is 92.2 Å². The van der Waals surface area contributed by atoms with Crippen molar-refractivity contribution in [2.24, 2.45) is 0 Å². The number of benzene rings is 2. The Morgan fingerprint density at radius 1 is 0.725 bits per heavy atom. The number of hydrogen-bond acceptors (Lipinski definition) is 8. The SMILES string of the molecule is COCOC(CO)c1ccc(Cc2cccc(Cl)c2F)cn1.COCOC(CO[Si](C)(C)C(C)(C)C)c1ccc(Cc2cccc(Cl)c2F)cn1. The van der Waals surface area contributed by atoms with Gasteiger partial charge in [0.2, 0.25) is 0 Å². The number of halogens is 4. The minimum atomic E-state index is -1.92. The lowest BCUT2D eigenvalue weighted by molar-refractivity contribution is -0.0903. The van der Waals surface area contributed by atoms with Gasteiger partial charge in [0.15, 0.2) is 8.32 Å². The van der Waals surface area contributed by atoms with Gasteiger partial charge < -0.3 is 28.5 Å². The number of rotatable bonds is 16. The van der Waals surface area contributed by atoms with Crippen LogP contribution in [-0.2, 0) is 36.2 Å². The molecule has 0 radical (unpaired) electrons. The van der Waals surface area contributed by atoms with Crippen molar-refractivity contribution in [1.29, 1.82) is 0 Å². The molecule has 4 aromatic rings. The molecule has 2 aromatic heterocycles. The van der Waals surface area contributed by atoms with Crippen molar-refractivity contribution in [2.75, 3.05) is 41.0 Å². The van der Waals surface area contributed by atoms with Crippen LogP contribution in [0.15, 0.2) is 73.1 Å². The van der Waals surface area contributed by atoms with Crippen LogP contribution in [-0.4, -0.2) is 64.4 Å². The maximum Gasteiger partial charge on any atom is 0.192 e. The van der Waals surface area contributed by atoms with Gasteiger partial charge in [-0.15, -0.1) is 0 Å². The van der Waals surface area contributed by atoms with Crippen LogP contribution in [0.1, 0.15) is 66.6 Å². The van der Waals surface area contributed by atoms with Gasteiger partial charge in [-0.25, -0.2) is 8.78 Å². The quantitative estimate of drug-likeness (QED) is 0.0892. The lowest BCUT2D eigenvalue weighted by atomic mass is 10.1. The number of hydrogen-bond donors (Lipinski definition) is 1. The van der Waals surface area contributed by atoms with E-state index in [9.17, 15) is 13.9 Å². The summed E-state index contributed by atoms with van der Waals surface area (Å²) < 4.78 is 55.3. The number of ether oxygens (including phenoxy) is 4. The highest BCUT2D eigenvalue weighted by Gasteiger charge is 2.38. The Kier molecular flexibility index (Phi) is 17.0. The van der Waals surface area contributed by atoms with E-state index in [1.54, 1.807) is 55.9 Å². The molecule has 1 N–H and O–H groups in total. The first kappa shape index (κ1) is 42.6. The van der Waals surface area contributed by atoms with E-state index in [1.165, 1.54) is 13.2 Å². The van der Waals surface area contributed by atoms with E-state index in [0.29, 0.717) is 36.3 Å². The van der Waals surface area contributed by atoms with E-state index in [1.807, 2.05) is 18.2 Å². The third-order valence-electron chi connectivity index (χ3n) is 8.55. The van der Waals surface area contributed by atoms with Crippen LogP contribution in [0.2, 0.25) is 28.2 Å². The molecule has 0 spiro atoms. The van der Waals surface area contributed by atoms with Gasteiger partial charge in [-0.2, -0.15) is 0 Å². The molecule has 0 fully saturated rings. The Morgan fingerprint density at radius 3 is 1.57 bits per heavy atom. The molecule has 0 aliphatic rings. The molecule has 2 heterocycles. The molecule has 8 nitrogen and oxygen atoms in total. The number of aliphatic hydroxyl groups is 1. The van der Waals surface area contributed by atoms with Crippen LogP contribution in [0.5, 0.6) is 0 Å². The Labute approximate surface area is 311 Å². The summed E-state index contributed by atoms with van der Waals surface area (Å²) in [6.45, 7) is 11.5. The van der Waals surface area contributed by atoms with Crippen LogP contribution in [0.3, 0.4) is 0 Å². The van der Waals surface area contributed by atoms with Crippen LogP contribution in [0, 0.1) is 11.6 Å². The minimum Gasteiger partial charge on any atom is -0.414 e. The van der Waals surface area contributed by atoms with Gasteiger partial charge in [-0.05, 0) is 64.7 Å². The summed E-state index contributed by atoms with van der Waals surface area (Å²) in [5.41, 5.74) is 4.14. The monoisotopic (exact) mass is 764 g/mol. The predicted octanol–water partition coefficient (Wildman–Crippen LogP) is 9.27. The smallest absolute Gasteiger partial charge is 0.192 e. The Hall–Kier alpha value is -2.84.